The largest absolute Gasteiger partial charge is 0.462 e. The maximum Gasteiger partial charge on any atom is 0.338 e. The van der Waals surface area contributed by atoms with Crippen molar-refractivity contribution in [3.05, 3.63) is 39.4 Å². The first-order valence-corrected chi connectivity index (χ1v) is 9.60. The Morgan fingerprint density at radius 1 is 1.10 bits per heavy atom. The molecule has 0 atom stereocenters. The quantitative estimate of drug-likeness (QED) is 0.389. The molecule has 0 aliphatic carbocycles. The van der Waals surface area contributed by atoms with Crippen molar-refractivity contribution in [2.45, 2.75) is 20.3 Å². The number of ether oxygens (including phenoxy) is 1. The molecule has 29 heavy (non-hydrogen) atoms. The summed E-state index contributed by atoms with van der Waals surface area (Å²) in [5.41, 5.74) is -0.308. The van der Waals surface area contributed by atoms with Crippen LogP contribution in [0.3, 0.4) is 0 Å². The van der Waals surface area contributed by atoms with Gasteiger partial charge in [0.05, 0.1) is 23.6 Å². The molecule has 10 heteroatoms. The fraction of sp³-hybridized carbons (Fsp3) is 0.526. The molecule has 0 spiro atoms. The number of hydrogen-bond donors (Lipinski definition) is 1. The third kappa shape index (κ3) is 6.24. The van der Waals surface area contributed by atoms with E-state index in [0.29, 0.717) is 32.7 Å². The van der Waals surface area contributed by atoms with Crippen molar-refractivity contribution < 1.29 is 24.0 Å². The molecule has 2 amide bonds. The van der Waals surface area contributed by atoms with E-state index in [2.05, 4.69) is 5.32 Å². The Balaban J connectivity index is 2.06. The Hall–Kier alpha value is -3.01. The van der Waals surface area contributed by atoms with Crippen LogP contribution >= 0.6 is 0 Å². The molecule has 1 fully saturated rings. The van der Waals surface area contributed by atoms with E-state index in [1.807, 2.05) is 11.8 Å². The van der Waals surface area contributed by atoms with Gasteiger partial charge in [-0.15, -0.1) is 0 Å². The smallest absolute Gasteiger partial charge is 0.338 e. The molecule has 0 unspecified atom stereocenters. The second-order valence-corrected chi connectivity index (χ2v) is 6.66. The summed E-state index contributed by atoms with van der Waals surface area (Å²) >= 11 is 0. The first kappa shape index (κ1) is 22.3. The number of non-ortho nitro benzene ring substituents is 1. The number of hydrogen-bond acceptors (Lipinski definition) is 7. The lowest BCUT2D eigenvalue weighted by Gasteiger charge is -2.34. The van der Waals surface area contributed by atoms with Gasteiger partial charge in [0.2, 0.25) is 5.91 Å². The second-order valence-electron chi connectivity index (χ2n) is 6.66. The Morgan fingerprint density at radius 2 is 1.76 bits per heavy atom. The molecule has 1 saturated heterocycles. The van der Waals surface area contributed by atoms with Crippen molar-refractivity contribution in [2.75, 3.05) is 45.9 Å². The molecule has 0 radical (unpaired) electrons. The van der Waals surface area contributed by atoms with Crippen molar-refractivity contribution in [1.82, 2.24) is 15.1 Å². The van der Waals surface area contributed by atoms with Crippen LogP contribution in [-0.2, 0) is 9.53 Å². The van der Waals surface area contributed by atoms with Crippen LogP contribution in [0.1, 0.15) is 41.0 Å². The summed E-state index contributed by atoms with van der Waals surface area (Å²) in [7, 11) is 0. The molecule has 1 aliphatic heterocycles. The van der Waals surface area contributed by atoms with E-state index in [1.54, 1.807) is 11.8 Å². The first-order valence-electron chi connectivity index (χ1n) is 9.60. The van der Waals surface area contributed by atoms with E-state index in [0.717, 1.165) is 18.6 Å². The van der Waals surface area contributed by atoms with Crippen molar-refractivity contribution in [2.24, 2.45) is 0 Å². The van der Waals surface area contributed by atoms with Crippen molar-refractivity contribution >= 4 is 23.5 Å². The maximum atomic E-state index is 12.8. The van der Waals surface area contributed by atoms with Crippen molar-refractivity contribution in [3.63, 3.8) is 0 Å². The molecular formula is C19H26N4O6. The molecule has 2 rings (SSSR count). The van der Waals surface area contributed by atoms with Gasteiger partial charge < -0.3 is 15.0 Å². The Kier molecular flexibility index (Phi) is 8.08. The number of nitrogens with one attached hydrogen (secondary N) is 1. The molecule has 158 valence electrons. The summed E-state index contributed by atoms with van der Waals surface area (Å²) in [5, 5.41) is 14.0. The topological polar surface area (TPSA) is 122 Å². The minimum atomic E-state index is -0.715. The van der Waals surface area contributed by atoms with Gasteiger partial charge in [-0.3, -0.25) is 24.6 Å². The predicted octanol–water partition coefficient (Wildman–Crippen LogP) is 1.06. The van der Waals surface area contributed by atoms with E-state index in [-0.39, 0.29) is 35.9 Å². The zero-order valence-corrected chi connectivity index (χ0v) is 16.7. The predicted molar refractivity (Wildman–Crippen MR) is 105 cm³/mol. The van der Waals surface area contributed by atoms with Crippen LogP contribution in [-0.4, -0.2) is 78.4 Å². The van der Waals surface area contributed by atoms with Gasteiger partial charge in [0.15, 0.2) is 0 Å². The zero-order valence-electron chi connectivity index (χ0n) is 16.7. The average molecular weight is 406 g/mol. The molecular weight excluding hydrogens is 380 g/mol. The second kappa shape index (κ2) is 10.5. The molecule has 10 nitrogen and oxygen atoms in total. The van der Waals surface area contributed by atoms with E-state index >= 15 is 0 Å². The van der Waals surface area contributed by atoms with Gasteiger partial charge >= 0.3 is 5.97 Å². The number of benzene rings is 1. The minimum absolute atomic E-state index is 0.0318. The van der Waals surface area contributed by atoms with E-state index in [4.69, 9.17) is 4.74 Å². The number of piperazine rings is 1. The summed E-state index contributed by atoms with van der Waals surface area (Å²) in [6.07, 6.45) is 0.866. The van der Waals surface area contributed by atoms with Crippen LogP contribution in [0, 0.1) is 10.1 Å². The summed E-state index contributed by atoms with van der Waals surface area (Å²) in [5.74, 6) is -1.16. The Bertz CT molecular complexity index is 774. The summed E-state index contributed by atoms with van der Waals surface area (Å²) in [6.45, 7) is 6.44. The van der Waals surface area contributed by atoms with Gasteiger partial charge in [-0.05, 0) is 19.4 Å². The monoisotopic (exact) mass is 406 g/mol. The first-order chi connectivity index (χ1) is 13.8. The zero-order chi connectivity index (χ0) is 21.4. The normalized spacial score (nSPS) is 14.3. The van der Waals surface area contributed by atoms with E-state index in [9.17, 15) is 24.5 Å². The molecule has 0 saturated carbocycles. The number of nitrogens with zero attached hydrogens (tertiary/aromatic N) is 3. The molecule has 0 bridgehead atoms. The fourth-order valence-corrected chi connectivity index (χ4v) is 2.99. The van der Waals surface area contributed by atoms with Crippen LogP contribution in [0.25, 0.3) is 0 Å². The highest BCUT2D eigenvalue weighted by Gasteiger charge is 2.26. The Labute approximate surface area is 168 Å². The van der Waals surface area contributed by atoms with Crippen LogP contribution in [0.2, 0.25) is 0 Å². The lowest BCUT2D eigenvalue weighted by Crippen LogP contribution is -2.51. The van der Waals surface area contributed by atoms with E-state index < -0.39 is 16.8 Å². The highest BCUT2D eigenvalue weighted by Crippen LogP contribution is 2.20. The highest BCUT2D eigenvalue weighted by molar-refractivity contribution is 5.99. The molecule has 0 aromatic heterocycles. The Morgan fingerprint density at radius 3 is 2.34 bits per heavy atom. The van der Waals surface area contributed by atoms with Crippen LogP contribution in [0.5, 0.6) is 0 Å². The number of carbonyl (C=O) groups is 3. The van der Waals surface area contributed by atoms with Crippen molar-refractivity contribution in [1.29, 1.82) is 0 Å². The number of nitro benzene ring substituents is 1. The number of esters is 1. The van der Waals surface area contributed by atoms with Crippen LogP contribution in [0.15, 0.2) is 18.2 Å². The molecule has 1 aromatic carbocycles. The molecule has 1 aromatic rings. The maximum absolute atomic E-state index is 12.8. The third-order valence-electron chi connectivity index (χ3n) is 4.49. The molecule has 1 N–H and O–H groups in total. The summed E-state index contributed by atoms with van der Waals surface area (Å²) in [4.78, 5) is 50.7. The fourth-order valence-electron chi connectivity index (χ4n) is 2.99. The third-order valence-corrected chi connectivity index (χ3v) is 4.49. The van der Waals surface area contributed by atoms with E-state index in [1.165, 1.54) is 6.07 Å². The van der Waals surface area contributed by atoms with Gasteiger partial charge in [0, 0.05) is 50.4 Å². The standard InChI is InChI=1S/C19H26N4O6/c1-3-5-20-17(24)13-21-6-8-22(9-7-21)18(25)14-10-15(19(26)29-4-2)12-16(11-14)23(27)28/h10-12H,3-9,13H2,1-2H3,(H,20,24). The van der Waals surface area contributed by atoms with Crippen LogP contribution < -0.4 is 5.32 Å². The molecule has 1 heterocycles. The lowest BCUT2D eigenvalue weighted by atomic mass is 10.1. The van der Waals surface area contributed by atoms with Gasteiger partial charge in [-0.1, -0.05) is 6.92 Å². The van der Waals surface area contributed by atoms with Gasteiger partial charge in [-0.25, -0.2) is 4.79 Å². The molecule has 1 aliphatic rings. The van der Waals surface area contributed by atoms with Gasteiger partial charge in [0.1, 0.15) is 0 Å². The number of nitro groups is 1. The lowest BCUT2D eigenvalue weighted by molar-refractivity contribution is -0.384. The number of amides is 2. The van der Waals surface area contributed by atoms with Crippen molar-refractivity contribution in [3.8, 4) is 0 Å². The number of carbonyl (C=O) groups excluding carboxylic acids is 3. The minimum Gasteiger partial charge on any atom is -0.462 e. The van der Waals surface area contributed by atoms with Gasteiger partial charge in [-0.2, -0.15) is 0 Å². The summed E-state index contributed by atoms with van der Waals surface area (Å²) < 4.78 is 4.89. The van der Waals surface area contributed by atoms with Gasteiger partial charge in [0.25, 0.3) is 11.6 Å². The number of rotatable bonds is 8. The van der Waals surface area contributed by atoms with Crippen LogP contribution in [0.4, 0.5) is 5.69 Å². The SMILES string of the molecule is CCCNC(=O)CN1CCN(C(=O)c2cc(C(=O)OCC)cc([N+](=O)[O-])c2)CC1. The average Bonchev–Trinajstić information content (AvgIpc) is 2.72. The summed E-state index contributed by atoms with van der Waals surface area (Å²) in [6, 6.07) is 3.58. The highest BCUT2D eigenvalue weighted by atomic mass is 16.6.